The first-order valence-electron chi connectivity index (χ1n) is 7.51. The van der Waals surface area contributed by atoms with Gasteiger partial charge >= 0.3 is 0 Å². The third-order valence-electron chi connectivity index (χ3n) is 3.53. The van der Waals surface area contributed by atoms with Crippen molar-refractivity contribution in [3.8, 4) is 5.75 Å². The number of carbonyl (C=O) groups excluding carboxylic acids is 1. The number of ether oxygens (including phenoxy) is 1. The van der Waals surface area contributed by atoms with E-state index in [2.05, 4.69) is 5.32 Å². The average molecular weight is 349 g/mol. The second-order valence-corrected chi connectivity index (χ2v) is 6.84. The normalized spacial score (nSPS) is 13.1. The molecule has 0 spiro atoms. The Labute approximate surface area is 143 Å². The van der Waals surface area contributed by atoms with E-state index in [1.54, 1.807) is 0 Å². The van der Waals surface area contributed by atoms with Gasteiger partial charge in [-0.1, -0.05) is 30.3 Å². The molecule has 0 radical (unpaired) electrons. The van der Waals surface area contributed by atoms with Crippen LogP contribution in [-0.2, 0) is 21.3 Å². The molecule has 2 aromatic carbocycles. The standard InChI is InChI=1S/C18H20FNO3S/c1-13(14-6-4-3-5-7-14)20-18(21)12-24(22)11-15-10-16(19)8-9-17(15)23-2/h3-10,13H,11-12H2,1-2H3,(H,20,21)/t13-,24+/m0/s1. The number of methoxy groups -OCH3 is 1. The molecular formula is C18H20FNO3S. The van der Waals surface area contributed by atoms with Gasteiger partial charge in [0, 0.05) is 16.4 Å². The zero-order valence-corrected chi connectivity index (χ0v) is 14.4. The van der Waals surface area contributed by atoms with Crippen molar-refractivity contribution < 1.29 is 18.1 Å². The highest BCUT2D eigenvalue weighted by Crippen LogP contribution is 2.21. The van der Waals surface area contributed by atoms with Crippen LogP contribution in [0.1, 0.15) is 24.1 Å². The van der Waals surface area contributed by atoms with Crippen LogP contribution < -0.4 is 10.1 Å². The van der Waals surface area contributed by atoms with E-state index in [0.717, 1.165) is 5.56 Å². The number of rotatable bonds is 7. The van der Waals surface area contributed by atoms with Crippen molar-refractivity contribution in [2.75, 3.05) is 12.9 Å². The Kier molecular flexibility index (Phi) is 6.49. The van der Waals surface area contributed by atoms with Gasteiger partial charge in [-0.2, -0.15) is 0 Å². The molecule has 2 rings (SSSR count). The van der Waals surface area contributed by atoms with Crippen molar-refractivity contribution in [1.29, 1.82) is 0 Å². The molecule has 24 heavy (non-hydrogen) atoms. The number of carbonyl (C=O) groups is 1. The second-order valence-electron chi connectivity index (χ2n) is 5.38. The van der Waals surface area contributed by atoms with Gasteiger partial charge < -0.3 is 10.1 Å². The second kappa shape index (κ2) is 8.59. The monoisotopic (exact) mass is 349 g/mol. The Balaban J connectivity index is 1.92. The lowest BCUT2D eigenvalue weighted by Gasteiger charge is -2.14. The van der Waals surface area contributed by atoms with E-state index in [9.17, 15) is 13.4 Å². The smallest absolute Gasteiger partial charge is 0.233 e. The fraction of sp³-hybridized carbons (Fsp3) is 0.278. The van der Waals surface area contributed by atoms with E-state index < -0.39 is 16.6 Å². The minimum absolute atomic E-state index is 0.0636. The largest absolute Gasteiger partial charge is 0.496 e. The summed E-state index contributed by atoms with van der Waals surface area (Å²) in [7, 11) is 0.0134. The van der Waals surface area contributed by atoms with E-state index in [-0.39, 0.29) is 23.5 Å². The lowest BCUT2D eigenvalue weighted by Crippen LogP contribution is -2.31. The molecule has 1 N–H and O–H groups in total. The van der Waals surface area contributed by atoms with E-state index in [0.29, 0.717) is 11.3 Å². The van der Waals surface area contributed by atoms with Crippen molar-refractivity contribution in [3.63, 3.8) is 0 Å². The van der Waals surface area contributed by atoms with Gasteiger partial charge in [-0.25, -0.2) is 4.39 Å². The summed E-state index contributed by atoms with van der Waals surface area (Å²) in [6, 6.07) is 13.4. The molecule has 2 aromatic rings. The van der Waals surface area contributed by atoms with Crippen molar-refractivity contribution in [2.24, 2.45) is 0 Å². The maximum Gasteiger partial charge on any atom is 0.233 e. The molecule has 0 aliphatic rings. The van der Waals surface area contributed by atoms with E-state index in [1.807, 2.05) is 37.3 Å². The SMILES string of the molecule is COc1ccc(F)cc1C[S@@](=O)CC(=O)N[C@@H](C)c1ccccc1. The van der Waals surface area contributed by atoms with Crippen molar-refractivity contribution in [2.45, 2.75) is 18.7 Å². The van der Waals surface area contributed by atoms with Gasteiger partial charge in [-0.05, 0) is 30.7 Å². The summed E-state index contributed by atoms with van der Waals surface area (Å²) in [6.07, 6.45) is 0. The molecule has 0 bridgehead atoms. The summed E-state index contributed by atoms with van der Waals surface area (Å²) in [5.41, 5.74) is 1.46. The third kappa shape index (κ3) is 5.16. The minimum atomic E-state index is -1.45. The van der Waals surface area contributed by atoms with Crippen LogP contribution in [-0.4, -0.2) is 23.0 Å². The molecule has 0 unspecified atom stereocenters. The summed E-state index contributed by atoms with van der Waals surface area (Å²) in [4.78, 5) is 12.0. The molecule has 0 aliphatic heterocycles. The molecular weight excluding hydrogens is 329 g/mol. The van der Waals surface area contributed by atoms with Gasteiger partial charge in [0.2, 0.25) is 5.91 Å². The number of benzene rings is 2. The first kappa shape index (κ1) is 18.1. The predicted octanol–water partition coefficient (Wildman–Crippen LogP) is 2.96. The maximum atomic E-state index is 13.3. The molecule has 0 aromatic heterocycles. The van der Waals surface area contributed by atoms with Gasteiger partial charge in [0.1, 0.15) is 17.3 Å². The van der Waals surface area contributed by atoms with E-state index in [1.165, 1.54) is 25.3 Å². The summed E-state index contributed by atoms with van der Waals surface area (Å²) in [5, 5.41) is 2.82. The number of hydrogen-bond acceptors (Lipinski definition) is 3. The van der Waals surface area contributed by atoms with Crippen LogP contribution in [0.3, 0.4) is 0 Å². The third-order valence-corrected chi connectivity index (χ3v) is 4.75. The predicted molar refractivity (Wildman–Crippen MR) is 92.7 cm³/mol. The van der Waals surface area contributed by atoms with Crippen LogP contribution in [0.2, 0.25) is 0 Å². The molecule has 6 heteroatoms. The Bertz CT molecular complexity index is 721. The zero-order valence-electron chi connectivity index (χ0n) is 13.6. The molecule has 0 fully saturated rings. The van der Waals surface area contributed by atoms with Gasteiger partial charge in [0.25, 0.3) is 0 Å². The molecule has 0 aliphatic carbocycles. The Morgan fingerprint density at radius 3 is 2.62 bits per heavy atom. The lowest BCUT2D eigenvalue weighted by atomic mass is 10.1. The van der Waals surface area contributed by atoms with Gasteiger partial charge in [0.15, 0.2) is 0 Å². The fourth-order valence-corrected chi connectivity index (χ4v) is 3.39. The highest BCUT2D eigenvalue weighted by molar-refractivity contribution is 7.84. The first-order valence-corrected chi connectivity index (χ1v) is 9.00. The summed E-state index contributed by atoms with van der Waals surface area (Å²) < 4.78 is 30.6. The number of halogens is 1. The highest BCUT2D eigenvalue weighted by atomic mass is 32.2. The molecule has 0 saturated carbocycles. The highest BCUT2D eigenvalue weighted by Gasteiger charge is 2.15. The molecule has 0 heterocycles. The van der Waals surface area contributed by atoms with E-state index in [4.69, 9.17) is 4.74 Å². The Morgan fingerprint density at radius 2 is 1.96 bits per heavy atom. The van der Waals surface area contributed by atoms with Crippen molar-refractivity contribution in [1.82, 2.24) is 5.32 Å². The molecule has 128 valence electrons. The van der Waals surface area contributed by atoms with Crippen LogP contribution in [0.25, 0.3) is 0 Å². The van der Waals surface area contributed by atoms with Crippen LogP contribution in [0, 0.1) is 5.82 Å². The Hall–Kier alpha value is -2.21. The van der Waals surface area contributed by atoms with Crippen LogP contribution in [0.15, 0.2) is 48.5 Å². The van der Waals surface area contributed by atoms with Crippen LogP contribution in [0.4, 0.5) is 4.39 Å². The quantitative estimate of drug-likeness (QED) is 0.836. The molecule has 0 saturated heterocycles. The summed E-state index contributed by atoms with van der Waals surface area (Å²) in [5.74, 6) is -0.349. The fourth-order valence-electron chi connectivity index (χ4n) is 2.34. The maximum absolute atomic E-state index is 13.3. The molecule has 2 atom stereocenters. The summed E-state index contributed by atoms with van der Waals surface area (Å²) in [6.45, 7) is 1.87. The first-order chi connectivity index (χ1) is 11.5. The Morgan fingerprint density at radius 1 is 1.25 bits per heavy atom. The number of amides is 1. The van der Waals surface area contributed by atoms with Gasteiger partial charge in [-0.3, -0.25) is 9.00 Å². The molecule has 4 nitrogen and oxygen atoms in total. The minimum Gasteiger partial charge on any atom is -0.496 e. The number of hydrogen-bond donors (Lipinski definition) is 1. The van der Waals surface area contributed by atoms with Crippen LogP contribution in [0.5, 0.6) is 5.75 Å². The van der Waals surface area contributed by atoms with Gasteiger partial charge in [0.05, 0.1) is 18.9 Å². The van der Waals surface area contributed by atoms with Gasteiger partial charge in [-0.15, -0.1) is 0 Å². The van der Waals surface area contributed by atoms with E-state index >= 15 is 0 Å². The lowest BCUT2D eigenvalue weighted by molar-refractivity contribution is -0.119. The topological polar surface area (TPSA) is 55.4 Å². The van der Waals surface area contributed by atoms with Crippen molar-refractivity contribution in [3.05, 3.63) is 65.5 Å². The average Bonchev–Trinajstić information content (AvgIpc) is 2.55. The summed E-state index contributed by atoms with van der Waals surface area (Å²) >= 11 is 0. The number of nitrogens with one attached hydrogen (secondary N) is 1. The van der Waals surface area contributed by atoms with Crippen LogP contribution >= 0.6 is 0 Å². The zero-order chi connectivity index (χ0) is 17.5. The van der Waals surface area contributed by atoms with Crippen molar-refractivity contribution >= 4 is 16.7 Å². The molecule has 1 amide bonds.